The van der Waals surface area contributed by atoms with Gasteiger partial charge in [-0.3, -0.25) is 4.79 Å². The molecule has 1 aromatic carbocycles. The van der Waals surface area contributed by atoms with E-state index in [0.717, 1.165) is 30.6 Å². The van der Waals surface area contributed by atoms with Crippen molar-refractivity contribution in [1.29, 1.82) is 0 Å². The average Bonchev–Trinajstić information content (AvgIpc) is 3.05. The average molecular weight is 341 g/mol. The number of nitrogens with zero attached hydrogens (tertiary/aromatic N) is 3. The van der Waals surface area contributed by atoms with Crippen LogP contribution in [0.1, 0.15) is 25.5 Å². The van der Waals surface area contributed by atoms with Crippen LogP contribution in [0.15, 0.2) is 36.5 Å². The van der Waals surface area contributed by atoms with Gasteiger partial charge in [-0.15, -0.1) is 0 Å². The zero-order valence-corrected chi connectivity index (χ0v) is 14.3. The number of primary amides is 1. The minimum absolute atomic E-state index is 0.215. The Labute approximate surface area is 146 Å². The van der Waals surface area contributed by atoms with Crippen molar-refractivity contribution in [2.45, 2.75) is 26.2 Å². The number of amides is 3. The van der Waals surface area contributed by atoms with Crippen LogP contribution < -0.4 is 11.1 Å². The van der Waals surface area contributed by atoms with Gasteiger partial charge in [0.05, 0.1) is 29.2 Å². The number of hydrogen-bond donors (Lipinski definition) is 2. The number of piperidine rings is 1. The predicted molar refractivity (Wildman–Crippen MR) is 95.5 cm³/mol. The van der Waals surface area contributed by atoms with Crippen molar-refractivity contribution < 1.29 is 9.59 Å². The zero-order valence-electron chi connectivity index (χ0n) is 14.3. The number of benzene rings is 1. The Kier molecular flexibility index (Phi) is 5.02. The lowest BCUT2D eigenvalue weighted by atomic mass is 9.98. The summed E-state index contributed by atoms with van der Waals surface area (Å²) in [6.45, 7) is 3.02. The lowest BCUT2D eigenvalue weighted by Crippen LogP contribution is -2.45. The summed E-state index contributed by atoms with van der Waals surface area (Å²) in [7, 11) is 0. The highest BCUT2D eigenvalue weighted by Crippen LogP contribution is 2.22. The summed E-state index contributed by atoms with van der Waals surface area (Å²) in [6.07, 6.45) is 3.92. The summed E-state index contributed by atoms with van der Waals surface area (Å²) in [5, 5.41) is 7.34. The Morgan fingerprint density at radius 1 is 1.32 bits per heavy atom. The largest absolute Gasteiger partial charge is 0.369 e. The molecule has 0 saturated carbocycles. The Morgan fingerprint density at radius 2 is 2.08 bits per heavy atom. The topological polar surface area (TPSA) is 93.2 Å². The number of urea groups is 1. The molecular formula is C18H23N5O2. The quantitative estimate of drug-likeness (QED) is 0.892. The molecule has 0 bridgehead atoms. The van der Waals surface area contributed by atoms with Crippen LogP contribution in [0.5, 0.6) is 0 Å². The van der Waals surface area contributed by atoms with Crippen molar-refractivity contribution >= 4 is 17.6 Å². The molecule has 0 unspecified atom stereocenters. The van der Waals surface area contributed by atoms with Crippen LogP contribution in [-0.4, -0.2) is 39.7 Å². The third-order valence-electron chi connectivity index (χ3n) is 4.56. The molecule has 7 heteroatoms. The fourth-order valence-electron chi connectivity index (χ4n) is 3.20. The van der Waals surface area contributed by atoms with E-state index in [0.29, 0.717) is 18.8 Å². The molecule has 0 radical (unpaired) electrons. The van der Waals surface area contributed by atoms with Crippen molar-refractivity contribution in [3.05, 3.63) is 42.2 Å². The molecule has 2 aromatic rings. The van der Waals surface area contributed by atoms with E-state index in [9.17, 15) is 9.59 Å². The molecule has 3 rings (SSSR count). The van der Waals surface area contributed by atoms with Crippen LogP contribution in [0, 0.1) is 5.92 Å². The maximum absolute atomic E-state index is 12.6. The van der Waals surface area contributed by atoms with Gasteiger partial charge < -0.3 is 16.0 Å². The minimum atomic E-state index is -0.344. The van der Waals surface area contributed by atoms with Gasteiger partial charge in [0.2, 0.25) is 5.91 Å². The maximum atomic E-state index is 12.6. The fourth-order valence-corrected chi connectivity index (χ4v) is 3.20. The van der Waals surface area contributed by atoms with E-state index >= 15 is 0 Å². The first-order valence-corrected chi connectivity index (χ1v) is 8.57. The second-order valence-electron chi connectivity index (χ2n) is 6.22. The standard InChI is InChI=1S/C18H23N5O2/c1-2-16-15(11-20-23(16)14-8-4-3-5-9-14)21-18(25)22-10-6-7-13(12-22)17(19)24/h3-5,8-9,11,13H,2,6-7,10,12H2,1H3,(H2,19,24)(H,21,25)/t13-/m0/s1. The predicted octanol–water partition coefficient (Wildman–Crippen LogP) is 2.16. The van der Waals surface area contributed by atoms with Crippen LogP contribution in [0.2, 0.25) is 0 Å². The van der Waals surface area contributed by atoms with Gasteiger partial charge in [0, 0.05) is 13.1 Å². The first-order valence-electron chi connectivity index (χ1n) is 8.57. The molecule has 25 heavy (non-hydrogen) atoms. The van der Waals surface area contributed by atoms with Crippen molar-refractivity contribution in [1.82, 2.24) is 14.7 Å². The smallest absolute Gasteiger partial charge is 0.321 e. The van der Waals surface area contributed by atoms with Crippen LogP contribution in [-0.2, 0) is 11.2 Å². The van der Waals surface area contributed by atoms with Gasteiger partial charge in [0.1, 0.15) is 0 Å². The van der Waals surface area contributed by atoms with Gasteiger partial charge in [-0.25, -0.2) is 9.48 Å². The van der Waals surface area contributed by atoms with Crippen molar-refractivity contribution in [3.63, 3.8) is 0 Å². The van der Waals surface area contributed by atoms with E-state index in [4.69, 9.17) is 5.73 Å². The number of para-hydroxylation sites is 1. The molecule has 1 fully saturated rings. The van der Waals surface area contributed by atoms with E-state index in [2.05, 4.69) is 10.4 Å². The number of carbonyl (C=O) groups excluding carboxylic acids is 2. The van der Waals surface area contributed by atoms with Gasteiger partial charge in [0.15, 0.2) is 0 Å². The monoisotopic (exact) mass is 341 g/mol. The lowest BCUT2D eigenvalue weighted by Gasteiger charge is -2.31. The molecule has 0 spiro atoms. The Balaban J connectivity index is 1.76. The number of rotatable bonds is 4. The van der Waals surface area contributed by atoms with Crippen LogP contribution in [0.25, 0.3) is 5.69 Å². The molecule has 1 aliphatic rings. The molecule has 1 atom stereocenters. The lowest BCUT2D eigenvalue weighted by molar-refractivity contribution is -0.123. The van der Waals surface area contributed by atoms with Crippen LogP contribution >= 0.6 is 0 Å². The highest BCUT2D eigenvalue weighted by molar-refractivity contribution is 5.90. The maximum Gasteiger partial charge on any atom is 0.321 e. The summed E-state index contributed by atoms with van der Waals surface area (Å²) in [5.74, 6) is -0.610. The number of nitrogens with two attached hydrogens (primary N) is 1. The van der Waals surface area contributed by atoms with Gasteiger partial charge in [-0.1, -0.05) is 25.1 Å². The fraction of sp³-hybridized carbons (Fsp3) is 0.389. The number of anilines is 1. The number of likely N-dealkylation sites (tertiary alicyclic amines) is 1. The van der Waals surface area contributed by atoms with Crippen molar-refractivity contribution in [2.24, 2.45) is 11.7 Å². The summed E-state index contributed by atoms with van der Waals surface area (Å²) >= 11 is 0. The van der Waals surface area contributed by atoms with Gasteiger partial charge in [-0.2, -0.15) is 5.10 Å². The van der Waals surface area contributed by atoms with Crippen LogP contribution in [0.3, 0.4) is 0 Å². The SMILES string of the molecule is CCc1c(NC(=O)N2CCC[C@H](C(N)=O)C2)cnn1-c1ccccc1. The van der Waals surface area contributed by atoms with Crippen molar-refractivity contribution in [3.8, 4) is 5.69 Å². The highest BCUT2D eigenvalue weighted by Gasteiger charge is 2.27. The minimum Gasteiger partial charge on any atom is -0.369 e. The van der Waals surface area contributed by atoms with E-state index in [1.54, 1.807) is 11.1 Å². The Hall–Kier alpha value is -2.83. The molecule has 132 valence electrons. The van der Waals surface area contributed by atoms with Crippen LogP contribution in [0.4, 0.5) is 10.5 Å². The third kappa shape index (κ3) is 3.65. The van der Waals surface area contributed by atoms with E-state index in [1.807, 2.05) is 41.9 Å². The summed E-state index contributed by atoms with van der Waals surface area (Å²) in [6, 6.07) is 9.58. The number of aromatic nitrogens is 2. The first kappa shape index (κ1) is 17.0. The number of carbonyl (C=O) groups is 2. The Morgan fingerprint density at radius 3 is 2.76 bits per heavy atom. The van der Waals surface area contributed by atoms with E-state index in [1.165, 1.54) is 0 Å². The summed E-state index contributed by atoms with van der Waals surface area (Å²) < 4.78 is 1.83. The molecule has 7 nitrogen and oxygen atoms in total. The van der Waals surface area contributed by atoms with Gasteiger partial charge in [0.25, 0.3) is 0 Å². The molecule has 1 saturated heterocycles. The molecule has 0 aliphatic carbocycles. The van der Waals surface area contributed by atoms with E-state index in [-0.39, 0.29) is 17.9 Å². The molecule has 3 amide bonds. The van der Waals surface area contributed by atoms with Crippen molar-refractivity contribution in [2.75, 3.05) is 18.4 Å². The second-order valence-corrected chi connectivity index (χ2v) is 6.22. The highest BCUT2D eigenvalue weighted by atomic mass is 16.2. The van der Waals surface area contributed by atoms with E-state index < -0.39 is 0 Å². The Bertz CT molecular complexity index is 756. The molecule has 1 aromatic heterocycles. The second kappa shape index (κ2) is 7.38. The first-order chi connectivity index (χ1) is 12.1. The molecular weight excluding hydrogens is 318 g/mol. The summed E-state index contributed by atoms with van der Waals surface area (Å²) in [5.41, 5.74) is 7.96. The molecule has 2 heterocycles. The number of hydrogen-bond acceptors (Lipinski definition) is 3. The molecule has 1 aliphatic heterocycles. The normalized spacial score (nSPS) is 17.3. The van der Waals surface area contributed by atoms with Gasteiger partial charge in [-0.05, 0) is 31.4 Å². The van der Waals surface area contributed by atoms with Gasteiger partial charge >= 0.3 is 6.03 Å². The third-order valence-corrected chi connectivity index (χ3v) is 4.56. The number of nitrogens with one attached hydrogen (secondary N) is 1. The molecule has 3 N–H and O–H groups in total. The zero-order chi connectivity index (χ0) is 17.8. The summed E-state index contributed by atoms with van der Waals surface area (Å²) in [4.78, 5) is 25.6.